The lowest BCUT2D eigenvalue weighted by Crippen LogP contribution is -2.28. The van der Waals surface area contributed by atoms with Crippen molar-refractivity contribution in [2.75, 3.05) is 19.6 Å². The Kier molecular flexibility index (Phi) is 4.34. The normalized spacial score (nSPS) is 10.3. The molecule has 1 amide bonds. The minimum atomic E-state index is -0.187. The number of hydrazine groups is 1. The van der Waals surface area contributed by atoms with Crippen LogP contribution < -0.4 is 20.3 Å². The number of thiophene rings is 1. The van der Waals surface area contributed by atoms with Gasteiger partial charge in [-0.25, -0.2) is 0 Å². The Morgan fingerprint density at radius 2 is 1.78 bits per heavy atom. The van der Waals surface area contributed by atoms with Gasteiger partial charge in [0.2, 0.25) is 0 Å². The van der Waals surface area contributed by atoms with E-state index in [0.717, 1.165) is 27.3 Å². The van der Waals surface area contributed by atoms with Crippen LogP contribution in [0, 0.1) is 0 Å². The molecule has 1 heterocycles. The Hall–Kier alpha value is -2.73. The molecule has 0 aliphatic heterocycles. The number of methoxy groups -OCH3 is 2. The van der Waals surface area contributed by atoms with Crippen LogP contribution >= 0.6 is 11.3 Å². The fourth-order valence-corrected chi connectivity index (χ4v) is 3.09. The quantitative estimate of drug-likeness (QED) is 0.702. The van der Waals surface area contributed by atoms with Gasteiger partial charge in [0.1, 0.15) is 11.5 Å². The Bertz CT molecular complexity index is 845. The summed E-state index contributed by atoms with van der Waals surface area (Å²) in [5.41, 5.74) is 6.33. The number of amides is 1. The summed E-state index contributed by atoms with van der Waals surface area (Å²) < 4.78 is 11.4. The van der Waals surface area contributed by atoms with Crippen LogP contribution in [0.2, 0.25) is 0 Å². The van der Waals surface area contributed by atoms with Crippen molar-refractivity contribution in [2.45, 2.75) is 0 Å². The third kappa shape index (κ3) is 3.37. The van der Waals surface area contributed by atoms with Crippen LogP contribution in [-0.4, -0.2) is 20.1 Å². The number of benzene rings is 2. The number of anilines is 1. The van der Waals surface area contributed by atoms with Gasteiger partial charge in [-0.1, -0.05) is 6.07 Å². The second kappa shape index (κ2) is 6.58. The summed E-state index contributed by atoms with van der Waals surface area (Å²) in [7, 11) is 3.22. The van der Waals surface area contributed by atoms with E-state index in [9.17, 15) is 4.79 Å². The Balaban J connectivity index is 1.72. The SMILES string of the molecule is COc1cccc(NNC(=O)c2cc3cc(OC)ccc3s2)c1. The molecule has 1 aromatic heterocycles. The first-order valence-electron chi connectivity index (χ1n) is 6.97. The zero-order valence-corrected chi connectivity index (χ0v) is 13.6. The molecule has 2 aromatic carbocycles. The van der Waals surface area contributed by atoms with Gasteiger partial charge in [-0.05, 0) is 41.8 Å². The highest BCUT2D eigenvalue weighted by Gasteiger charge is 2.10. The van der Waals surface area contributed by atoms with Crippen molar-refractivity contribution in [1.29, 1.82) is 0 Å². The maximum Gasteiger partial charge on any atom is 0.279 e. The highest BCUT2D eigenvalue weighted by atomic mass is 32.1. The van der Waals surface area contributed by atoms with Crippen LogP contribution in [0.3, 0.4) is 0 Å². The maximum absolute atomic E-state index is 12.3. The van der Waals surface area contributed by atoms with Gasteiger partial charge >= 0.3 is 0 Å². The average Bonchev–Trinajstić information content (AvgIpc) is 3.03. The highest BCUT2D eigenvalue weighted by molar-refractivity contribution is 7.20. The molecule has 0 bridgehead atoms. The summed E-state index contributed by atoms with van der Waals surface area (Å²) in [5, 5.41) is 0.987. The number of hydrogen-bond donors (Lipinski definition) is 2. The first kappa shape index (κ1) is 15.2. The van der Waals surface area contributed by atoms with Crippen molar-refractivity contribution in [3.63, 3.8) is 0 Å². The fraction of sp³-hybridized carbons (Fsp3) is 0.118. The van der Waals surface area contributed by atoms with Gasteiger partial charge in [0.15, 0.2) is 0 Å². The van der Waals surface area contributed by atoms with Crippen LogP contribution in [0.15, 0.2) is 48.5 Å². The molecule has 0 saturated heterocycles. The number of carbonyl (C=O) groups excluding carboxylic acids is 1. The van der Waals surface area contributed by atoms with Crippen molar-refractivity contribution < 1.29 is 14.3 Å². The Morgan fingerprint density at radius 3 is 2.57 bits per heavy atom. The van der Waals surface area contributed by atoms with Crippen LogP contribution in [0.4, 0.5) is 5.69 Å². The van der Waals surface area contributed by atoms with E-state index in [1.165, 1.54) is 11.3 Å². The molecule has 3 aromatic rings. The zero-order chi connectivity index (χ0) is 16.2. The van der Waals surface area contributed by atoms with E-state index < -0.39 is 0 Å². The van der Waals surface area contributed by atoms with Crippen molar-refractivity contribution in [1.82, 2.24) is 5.43 Å². The van der Waals surface area contributed by atoms with Crippen LogP contribution in [-0.2, 0) is 0 Å². The predicted molar refractivity (Wildman–Crippen MR) is 92.5 cm³/mol. The van der Waals surface area contributed by atoms with Gasteiger partial charge in [0, 0.05) is 10.8 Å². The van der Waals surface area contributed by atoms with Gasteiger partial charge in [0.25, 0.3) is 5.91 Å². The minimum Gasteiger partial charge on any atom is -0.497 e. The standard InChI is InChI=1S/C17H16N2O3S/c1-21-13-5-3-4-12(10-13)18-19-17(20)16-9-11-8-14(22-2)6-7-15(11)23-16/h3-10,18H,1-2H3,(H,19,20). The number of ether oxygens (including phenoxy) is 2. The van der Waals surface area contributed by atoms with Crippen molar-refractivity contribution in [2.24, 2.45) is 0 Å². The molecule has 0 spiro atoms. The number of carbonyl (C=O) groups is 1. The monoisotopic (exact) mass is 328 g/mol. The van der Waals surface area contributed by atoms with E-state index in [0.29, 0.717) is 4.88 Å². The first-order valence-corrected chi connectivity index (χ1v) is 7.79. The largest absolute Gasteiger partial charge is 0.497 e. The fourth-order valence-electron chi connectivity index (χ4n) is 2.15. The van der Waals surface area contributed by atoms with Gasteiger partial charge in [-0.2, -0.15) is 0 Å². The molecule has 0 saturated carbocycles. The number of nitrogens with one attached hydrogen (secondary N) is 2. The van der Waals surface area contributed by atoms with E-state index in [4.69, 9.17) is 9.47 Å². The molecular weight excluding hydrogens is 312 g/mol. The molecule has 23 heavy (non-hydrogen) atoms. The Labute approximate surface area is 137 Å². The molecule has 0 aliphatic rings. The molecular formula is C17H16N2O3S. The van der Waals surface area contributed by atoms with Gasteiger partial charge in [-0.3, -0.25) is 15.6 Å². The van der Waals surface area contributed by atoms with Crippen molar-refractivity contribution >= 4 is 33.0 Å². The van der Waals surface area contributed by atoms with E-state index in [1.54, 1.807) is 20.3 Å². The molecule has 6 heteroatoms. The predicted octanol–water partition coefficient (Wildman–Crippen LogP) is 3.68. The van der Waals surface area contributed by atoms with Crippen LogP contribution in [0.5, 0.6) is 11.5 Å². The van der Waals surface area contributed by atoms with Crippen molar-refractivity contribution in [3.8, 4) is 11.5 Å². The smallest absolute Gasteiger partial charge is 0.279 e. The van der Waals surface area contributed by atoms with E-state index in [-0.39, 0.29) is 5.91 Å². The summed E-state index contributed by atoms with van der Waals surface area (Å²) in [6.45, 7) is 0. The zero-order valence-electron chi connectivity index (χ0n) is 12.8. The molecule has 5 nitrogen and oxygen atoms in total. The molecule has 0 unspecified atom stereocenters. The molecule has 118 valence electrons. The lowest BCUT2D eigenvalue weighted by atomic mass is 10.2. The number of rotatable bonds is 5. The van der Waals surface area contributed by atoms with E-state index in [2.05, 4.69) is 10.9 Å². The van der Waals surface area contributed by atoms with Gasteiger partial charge < -0.3 is 9.47 Å². The van der Waals surface area contributed by atoms with Crippen LogP contribution in [0.25, 0.3) is 10.1 Å². The summed E-state index contributed by atoms with van der Waals surface area (Å²) in [6, 6.07) is 14.9. The molecule has 0 radical (unpaired) electrons. The molecule has 3 rings (SSSR count). The Morgan fingerprint density at radius 1 is 1.00 bits per heavy atom. The second-order valence-corrected chi connectivity index (χ2v) is 5.91. The molecule has 0 aliphatic carbocycles. The first-order chi connectivity index (χ1) is 11.2. The van der Waals surface area contributed by atoms with Crippen LogP contribution in [0.1, 0.15) is 9.67 Å². The third-order valence-corrected chi connectivity index (χ3v) is 4.45. The molecule has 0 atom stereocenters. The lowest BCUT2D eigenvalue weighted by Gasteiger charge is -2.08. The number of hydrogen-bond acceptors (Lipinski definition) is 5. The highest BCUT2D eigenvalue weighted by Crippen LogP contribution is 2.28. The summed E-state index contributed by atoms with van der Waals surface area (Å²) >= 11 is 1.44. The number of fused-ring (bicyclic) bond motifs is 1. The molecule has 0 fully saturated rings. The summed E-state index contributed by atoms with van der Waals surface area (Å²) in [6.07, 6.45) is 0. The second-order valence-electron chi connectivity index (χ2n) is 4.83. The van der Waals surface area contributed by atoms with Gasteiger partial charge in [-0.15, -0.1) is 11.3 Å². The summed E-state index contributed by atoms with van der Waals surface area (Å²) in [4.78, 5) is 12.9. The van der Waals surface area contributed by atoms with Crippen molar-refractivity contribution in [3.05, 3.63) is 53.4 Å². The summed E-state index contributed by atoms with van der Waals surface area (Å²) in [5.74, 6) is 1.31. The molecule has 2 N–H and O–H groups in total. The topological polar surface area (TPSA) is 59.6 Å². The maximum atomic E-state index is 12.3. The average molecular weight is 328 g/mol. The van der Waals surface area contributed by atoms with Gasteiger partial charge in [0.05, 0.1) is 24.8 Å². The third-order valence-electron chi connectivity index (χ3n) is 3.34. The lowest BCUT2D eigenvalue weighted by molar-refractivity contribution is 0.0966. The van der Waals surface area contributed by atoms with E-state index in [1.807, 2.05) is 42.5 Å². The minimum absolute atomic E-state index is 0.187. The van der Waals surface area contributed by atoms with E-state index >= 15 is 0 Å².